The molecule has 0 saturated carbocycles. The molecule has 4 heteroatoms. The van der Waals surface area contributed by atoms with Gasteiger partial charge in [0.05, 0.1) is 18.7 Å². The SMILES string of the molecule is O=C(O)CCC1=CCCN=N1. The van der Waals surface area contributed by atoms with Crippen LogP contribution in [0.3, 0.4) is 0 Å². The van der Waals surface area contributed by atoms with Crippen molar-refractivity contribution >= 4 is 5.97 Å². The Morgan fingerprint density at radius 1 is 1.73 bits per heavy atom. The van der Waals surface area contributed by atoms with Gasteiger partial charge in [-0.05, 0) is 6.42 Å². The molecule has 1 aliphatic heterocycles. The summed E-state index contributed by atoms with van der Waals surface area (Å²) in [6.45, 7) is 0.733. The van der Waals surface area contributed by atoms with E-state index in [4.69, 9.17) is 5.11 Å². The summed E-state index contributed by atoms with van der Waals surface area (Å²) in [6.07, 6.45) is 3.47. The van der Waals surface area contributed by atoms with Crippen LogP contribution in [0, 0.1) is 0 Å². The molecule has 1 aliphatic rings. The Labute approximate surface area is 64.6 Å². The van der Waals surface area contributed by atoms with Crippen molar-refractivity contribution in [3.63, 3.8) is 0 Å². The molecule has 4 nitrogen and oxygen atoms in total. The molecule has 11 heavy (non-hydrogen) atoms. The molecular formula is C7H10N2O2. The lowest BCUT2D eigenvalue weighted by Gasteiger charge is -2.01. The second-order valence-electron chi connectivity index (χ2n) is 2.34. The number of hydrogen-bond acceptors (Lipinski definition) is 3. The molecule has 0 bridgehead atoms. The number of hydrogen-bond donors (Lipinski definition) is 1. The van der Waals surface area contributed by atoms with E-state index in [2.05, 4.69) is 10.2 Å². The van der Waals surface area contributed by atoms with Gasteiger partial charge in [-0.25, -0.2) is 0 Å². The van der Waals surface area contributed by atoms with Crippen LogP contribution in [0.25, 0.3) is 0 Å². The van der Waals surface area contributed by atoms with Gasteiger partial charge in [0, 0.05) is 6.42 Å². The predicted octanol–water partition coefficient (Wildman–Crippen LogP) is 1.59. The molecule has 0 saturated heterocycles. The molecule has 0 aromatic carbocycles. The highest BCUT2D eigenvalue weighted by Gasteiger charge is 2.02. The normalized spacial score (nSPS) is 16.2. The fraction of sp³-hybridized carbons (Fsp3) is 0.571. The minimum atomic E-state index is -0.785. The second-order valence-corrected chi connectivity index (χ2v) is 2.34. The van der Waals surface area contributed by atoms with Crippen molar-refractivity contribution in [3.05, 3.63) is 11.8 Å². The Hall–Kier alpha value is -1.19. The molecule has 0 aromatic heterocycles. The highest BCUT2D eigenvalue weighted by atomic mass is 16.4. The Morgan fingerprint density at radius 2 is 2.55 bits per heavy atom. The van der Waals surface area contributed by atoms with Crippen LogP contribution in [0.2, 0.25) is 0 Å². The number of azo groups is 1. The summed E-state index contributed by atoms with van der Waals surface area (Å²) in [6, 6.07) is 0. The van der Waals surface area contributed by atoms with Crippen LogP contribution in [-0.4, -0.2) is 17.6 Å². The van der Waals surface area contributed by atoms with Crippen molar-refractivity contribution in [1.82, 2.24) is 0 Å². The fourth-order valence-electron chi connectivity index (χ4n) is 0.858. The van der Waals surface area contributed by atoms with Crippen LogP contribution in [-0.2, 0) is 4.79 Å². The minimum absolute atomic E-state index is 0.144. The average Bonchev–Trinajstić information content (AvgIpc) is 2.03. The third kappa shape index (κ3) is 2.93. The largest absolute Gasteiger partial charge is 0.481 e. The Kier molecular flexibility index (Phi) is 2.77. The first-order valence-corrected chi connectivity index (χ1v) is 3.57. The van der Waals surface area contributed by atoms with Crippen molar-refractivity contribution in [3.8, 4) is 0 Å². The van der Waals surface area contributed by atoms with Gasteiger partial charge in [0.25, 0.3) is 0 Å². The molecule has 0 aliphatic carbocycles. The highest BCUT2D eigenvalue weighted by molar-refractivity contribution is 5.67. The minimum Gasteiger partial charge on any atom is -0.481 e. The number of carboxylic acid groups (broad SMARTS) is 1. The van der Waals surface area contributed by atoms with Gasteiger partial charge in [-0.15, -0.1) is 0 Å². The van der Waals surface area contributed by atoms with E-state index in [0.29, 0.717) is 6.42 Å². The lowest BCUT2D eigenvalue weighted by Crippen LogP contribution is -1.96. The van der Waals surface area contributed by atoms with E-state index >= 15 is 0 Å². The number of aliphatic carboxylic acids is 1. The number of rotatable bonds is 3. The maximum Gasteiger partial charge on any atom is 0.303 e. The first kappa shape index (κ1) is 7.91. The fourth-order valence-corrected chi connectivity index (χ4v) is 0.858. The van der Waals surface area contributed by atoms with Crippen LogP contribution >= 0.6 is 0 Å². The van der Waals surface area contributed by atoms with Crippen molar-refractivity contribution < 1.29 is 9.90 Å². The lowest BCUT2D eigenvalue weighted by molar-refractivity contribution is -0.136. The number of carbonyl (C=O) groups is 1. The Morgan fingerprint density at radius 3 is 3.09 bits per heavy atom. The first-order valence-electron chi connectivity index (χ1n) is 3.57. The molecule has 0 atom stereocenters. The van der Waals surface area contributed by atoms with Gasteiger partial charge in [-0.2, -0.15) is 10.2 Å². The molecule has 0 radical (unpaired) electrons. The smallest absolute Gasteiger partial charge is 0.303 e. The van der Waals surface area contributed by atoms with E-state index in [9.17, 15) is 4.79 Å². The van der Waals surface area contributed by atoms with Gasteiger partial charge in [-0.3, -0.25) is 4.79 Å². The van der Waals surface area contributed by atoms with Gasteiger partial charge in [0.1, 0.15) is 0 Å². The van der Waals surface area contributed by atoms with Gasteiger partial charge in [0.2, 0.25) is 0 Å². The predicted molar refractivity (Wildman–Crippen MR) is 39.3 cm³/mol. The molecule has 0 amide bonds. The molecule has 0 fully saturated rings. The molecule has 0 aromatic rings. The standard InChI is InChI=1S/C7H10N2O2/c10-7(11)4-3-6-2-1-5-8-9-6/h2H,1,3-5H2,(H,10,11). The van der Waals surface area contributed by atoms with Gasteiger partial charge in [0.15, 0.2) is 0 Å². The van der Waals surface area contributed by atoms with E-state index in [0.717, 1.165) is 18.7 Å². The van der Waals surface area contributed by atoms with Gasteiger partial charge >= 0.3 is 5.97 Å². The average molecular weight is 154 g/mol. The molecule has 0 spiro atoms. The third-order valence-electron chi connectivity index (χ3n) is 1.40. The van der Waals surface area contributed by atoms with E-state index < -0.39 is 5.97 Å². The summed E-state index contributed by atoms with van der Waals surface area (Å²) >= 11 is 0. The van der Waals surface area contributed by atoms with Crippen LogP contribution in [0.1, 0.15) is 19.3 Å². The Bertz CT molecular complexity index is 208. The molecule has 0 unspecified atom stereocenters. The number of allylic oxidation sites excluding steroid dienone is 1. The summed E-state index contributed by atoms with van der Waals surface area (Å²) in [4.78, 5) is 10.1. The maximum atomic E-state index is 10.1. The summed E-state index contributed by atoms with van der Waals surface area (Å²) in [5.41, 5.74) is 0.804. The second kappa shape index (κ2) is 3.85. The molecule has 60 valence electrons. The lowest BCUT2D eigenvalue weighted by atomic mass is 10.2. The third-order valence-corrected chi connectivity index (χ3v) is 1.40. The molecule has 1 rings (SSSR count). The van der Waals surface area contributed by atoms with Crippen molar-refractivity contribution in [2.45, 2.75) is 19.3 Å². The summed E-state index contributed by atoms with van der Waals surface area (Å²) in [7, 11) is 0. The number of nitrogens with zero attached hydrogens (tertiary/aromatic N) is 2. The summed E-state index contributed by atoms with van der Waals surface area (Å²) < 4.78 is 0. The molecule has 1 N–H and O–H groups in total. The maximum absolute atomic E-state index is 10.1. The zero-order valence-corrected chi connectivity index (χ0v) is 6.16. The molecule has 1 heterocycles. The summed E-state index contributed by atoms with van der Waals surface area (Å²) in [5, 5.41) is 16.0. The van der Waals surface area contributed by atoms with Crippen molar-refractivity contribution in [2.75, 3.05) is 6.54 Å². The van der Waals surface area contributed by atoms with E-state index in [1.54, 1.807) is 0 Å². The quantitative estimate of drug-likeness (QED) is 0.670. The summed E-state index contributed by atoms with van der Waals surface area (Å²) in [5.74, 6) is -0.785. The van der Waals surface area contributed by atoms with Crippen LogP contribution in [0.5, 0.6) is 0 Å². The van der Waals surface area contributed by atoms with E-state index in [-0.39, 0.29) is 6.42 Å². The first-order chi connectivity index (χ1) is 5.29. The van der Waals surface area contributed by atoms with Crippen LogP contribution < -0.4 is 0 Å². The highest BCUT2D eigenvalue weighted by Crippen LogP contribution is 2.12. The van der Waals surface area contributed by atoms with Crippen LogP contribution in [0.15, 0.2) is 22.0 Å². The molecular weight excluding hydrogens is 144 g/mol. The van der Waals surface area contributed by atoms with Gasteiger partial charge < -0.3 is 5.11 Å². The van der Waals surface area contributed by atoms with Crippen molar-refractivity contribution in [2.24, 2.45) is 10.2 Å². The van der Waals surface area contributed by atoms with E-state index in [1.165, 1.54) is 0 Å². The van der Waals surface area contributed by atoms with Crippen molar-refractivity contribution in [1.29, 1.82) is 0 Å². The Balaban J connectivity index is 2.31. The monoisotopic (exact) mass is 154 g/mol. The van der Waals surface area contributed by atoms with E-state index in [1.807, 2.05) is 6.08 Å². The zero-order valence-electron chi connectivity index (χ0n) is 6.16. The zero-order chi connectivity index (χ0) is 8.10. The topological polar surface area (TPSA) is 62.0 Å². The number of carboxylic acids is 1. The van der Waals surface area contributed by atoms with Crippen LogP contribution in [0.4, 0.5) is 0 Å². The van der Waals surface area contributed by atoms with Gasteiger partial charge in [-0.1, -0.05) is 6.08 Å².